The number of amides is 1. The molecule has 0 spiro atoms. The third-order valence-electron chi connectivity index (χ3n) is 7.12. The number of hydrogen-bond donors (Lipinski definition) is 1. The molecule has 1 aliphatic carbocycles. The minimum Gasteiger partial charge on any atom is -0.493 e. The normalized spacial score (nSPS) is 18.3. The fourth-order valence-corrected chi connectivity index (χ4v) is 5.82. The number of fused-ring (bicyclic) bond motifs is 1. The van der Waals surface area contributed by atoms with E-state index in [1.54, 1.807) is 18.4 Å². The smallest absolute Gasteiger partial charge is 0.326 e. The molecule has 2 atom stereocenters. The van der Waals surface area contributed by atoms with Crippen molar-refractivity contribution in [3.8, 4) is 11.5 Å². The first-order chi connectivity index (χ1) is 18.0. The SMILES string of the molecule is COc1ccc2c(c1OCc1cccs1)C[C@@H](C(=O)O)N(C(=O)C(OC1CCCC1)c1ccccc1)C2. The molecule has 2 heterocycles. The van der Waals surface area contributed by atoms with E-state index in [-0.39, 0.29) is 25.0 Å². The highest BCUT2D eigenvalue weighted by atomic mass is 32.1. The zero-order chi connectivity index (χ0) is 25.8. The van der Waals surface area contributed by atoms with Crippen molar-refractivity contribution >= 4 is 23.2 Å². The van der Waals surface area contributed by atoms with Crippen molar-refractivity contribution in [2.45, 2.75) is 63.5 Å². The second kappa shape index (κ2) is 11.4. The molecule has 1 amide bonds. The van der Waals surface area contributed by atoms with Gasteiger partial charge in [0.25, 0.3) is 5.91 Å². The van der Waals surface area contributed by atoms with Crippen molar-refractivity contribution in [2.24, 2.45) is 0 Å². The molecule has 5 rings (SSSR count). The van der Waals surface area contributed by atoms with E-state index in [4.69, 9.17) is 14.2 Å². The number of methoxy groups -OCH3 is 1. The number of thiophene rings is 1. The molecule has 0 saturated heterocycles. The average Bonchev–Trinajstić information content (AvgIpc) is 3.64. The molecule has 1 aromatic heterocycles. The maximum absolute atomic E-state index is 14.0. The lowest BCUT2D eigenvalue weighted by atomic mass is 9.91. The summed E-state index contributed by atoms with van der Waals surface area (Å²) in [6.07, 6.45) is 3.24. The minimum atomic E-state index is -1.06. The van der Waals surface area contributed by atoms with Crippen LogP contribution in [-0.4, -0.2) is 41.1 Å². The van der Waals surface area contributed by atoms with E-state index in [1.807, 2.05) is 60.0 Å². The van der Waals surface area contributed by atoms with E-state index in [9.17, 15) is 14.7 Å². The molecule has 0 bridgehead atoms. The van der Waals surface area contributed by atoms with Gasteiger partial charge in [0.05, 0.1) is 13.2 Å². The first-order valence-corrected chi connectivity index (χ1v) is 13.5. The largest absolute Gasteiger partial charge is 0.493 e. The van der Waals surface area contributed by atoms with Crippen LogP contribution >= 0.6 is 11.3 Å². The van der Waals surface area contributed by atoms with Crippen LogP contribution in [0.15, 0.2) is 60.0 Å². The summed E-state index contributed by atoms with van der Waals surface area (Å²) in [5.41, 5.74) is 2.35. The van der Waals surface area contributed by atoms with Crippen LogP contribution in [0.4, 0.5) is 0 Å². The number of carboxylic acids is 1. The molecule has 0 radical (unpaired) electrons. The van der Waals surface area contributed by atoms with Crippen LogP contribution in [0.2, 0.25) is 0 Å². The number of ether oxygens (including phenoxy) is 3. The van der Waals surface area contributed by atoms with Crippen LogP contribution in [0.5, 0.6) is 11.5 Å². The van der Waals surface area contributed by atoms with Gasteiger partial charge in [-0.1, -0.05) is 55.3 Å². The molecule has 8 heteroatoms. The van der Waals surface area contributed by atoms with Crippen molar-refractivity contribution in [1.29, 1.82) is 0 Å². The first-order valence-electron chi connectivity index (χ1n) is 12.6. The highest BCUT2D eigenvalue weighted by Gasteiger charge is 2.41. The van der Waals surface area contributed by atoms with Crippen molar-refractivity contribution < 1.29 is 28.9 Å². The van der Waals surface area contributed by atoms with Gasteiger partial charge in [-0.25, -0.2) is 4.79 Å². The topological polar surface area (TPSA) is 85.3 Å². The highest BCUT2D eigenvalue weighted by Crippen LogP contribution is 2.40. The third-order valence-corrected chi connectivity index (χ3v) is 7.97. The van der Waals surface area contributed by atoms with Gasteiger partial charge < -0.3 is 24.2 Å². The second-order valence-electron chi connectivity index (χ2n) is 9.46. The highest BCUT2D eigenvalue weighted by molar-refractivity contribution is 7.09. The van der Waals surface area contributed by atoms with Crippen LogP contribution < -0.4 is 9.47 Å². The van der Waals surface area contributed by atoms with Gasteiger partial charge in [-0.15, -0.1) is 11.3 Å². The first kappa shape index (κ1) is 25.3. The minimum absolute atomic E-state index is 0.00368. The van der Waals surface area contributed by atoms with E-state index < -0.39 is 18.1 Å². The van der Waals surface area contributed by atoms with Crippen molar-refractivity contribution in [3.63, 3.8) is 0 Å². The van der Waals surface area contributed by atoms with Crippen LogP contribution in [0.3, 0.4) is 0 Å². The lowest BCUT2D eigenvalue weighted by Gasteiger charge is -2.37. The number of carbonyl (C=O) groups is 2. The number of benzene rings is 2. The molecular weight excluding hydrogens is 490 g/mol. The number of rotatable bonds is 9. The molecule has 1 unspecified atom stereocenters. The Bertz CT molecular complexity index is 1220. The van der Waals surface area contributed by atoms with Gasteiger partial charge in [-0.2, -0.15) is 0 Å². The molecule has 1 saturated carbocycles. The lowest BCUT2D eigenvalue weighted by molar-refractivity contribution is -0.160. The summed E-state index contributed by atoms with van der Waals surface area (Å²) >= 11 is 1.59. The number of aliphatic carboxylic acids is 1. The summed E-state index contributed by atoms with van der Waals surface area (Å²) in [5.74, 6) is -0.300. The summed E-state index contributed by atoms with van der Waals surface area (Å²) in [5, 5.41) is 12.2. The summed E-state index contributed by atoms with van der Waals surface area (Å²) in [6.45, 7) is 0.512. The van der Waals surface area contributed by atoms with E-state index in [0.29, 0.717) is 18.1 Å². The van der Waals surface area contributed by atoms with Gasteiger partial charge in [0.2, 0.25) is 0 Å². The Labute approximate surface area is 220 Å². The van der Waals surface area contributed by atoms with Gasteiger partial charge >= 0.3 is 5.97 Å². The van der Waals surface area contributed by atoms with Crippen LogP contribution in [0.25, 0.3) is 0 Å². The fourth-order valence-electron chi connectivity index (χ4n) is 5.20. The average molecular weight is 522 g/mol. The van der Waals surface area contributed by atoms with Gasteiger partial charge in [-0.3, -0.25) is 4.79 Å². The van der Waals surface area contributed by atoms with Crippen molar-refractivity contribution in [3.05, 3.63) is 81.5 Å². The van der Waals surface area contributed by atoms with Gasteiger partial charge in [0, 0.05) is 23.4 Å². The Balaban J connectivity index is 1.46. The Morgan fingerprint density at radius 1 is 1.08 bits per heavy atom. The molecule has 1 aliphatic heterocycles. The summed E-state index contributed by atoms with van der Waals surface area (Å²) in [7, 11) is 1.57. The molecule has 7 nitrogen and oxygen atoms in total. The molecule has 2 aromatic carbocycles. The lowest BCUT2D eigenvalue weighted by Crippen LogP contribution is -2.50. The molecular formula is C29H31NO6S. The fraction of sp³-hybridized carbons (Fsp3) is 0.379. The maximum Gasteiger partial charge on any atom is 0.326 e. The molecule has 37 heavy (non-hydrogen) atoms. The summed E-state index contributed by atoms with van der Waals surface area (Å²) in [4.78, 5) is 29.0. The van der Waals surface area contributed by atoms with Crippen LogP contribution in [0, 0.1) is 0 Å². The summed E-state index contributed by atoms with van der Waals surface area (Å²) < 4.78 is 18.1. The van der Waals surface area contributed by atoms with Gasteiger partial charge in [0.1, 0.15) is 12.6 Å². The third kappa shape index (κ3) is 5.50. The zero-order valence-corrected chi connectivity index (χ0v) is 21.6. The number of nitrogens with zero attached hydrogens (tertiary/aromatic N) is 1. The Morgan fingerprint density at radius 3 is 2.54 bits per heavy atom. The number of carbonyl (C=O) groups excluding carboxylic acids is 1. The standard InChI is InChI=1S/C29H31NO6S/c1-34-25-14-13-20-17-30(24(29(32)33)16-23(20)27(25)35-18-22-12-7-15-37-22)28(31)26(19-8-3-2-4-9-19)36-21-10-5-6-11-21/h2-4,7-9,12-15,21,24,26H,5-6,10-11,16-18H2,1H3,(H,32,33)/t24-,26?/m0/s1. The number of carboxylic acid groups (broad SMARTS) is 1. The van der Waals surface area contributed by atoms with Gasteiger partial charge in [0.15, 0.2) is 17.6 Å². The van der Waals surface area contributed by atoms with Gasteiger partial charge in [-0.05, 0) is 41.5 Å². The van der Waals surface area contributed by atoms with E-state index in [1.165, 1.54) is 4.90 Å². The zero-order valence-electron chi connectivity index (χ0n) is 20.8. The molecule has 1 fully saturated rings. The van der Waals surface area contributed by atoms with E-state index >= 15 is 0 Å². The van der Waals surface area contributed by atoms with Crippen LogP contribution in [-0.2, 0) is 33.9 Å². The molecule has 3 aromatic rings. The molecule has 194 valence electrons. The predicted octanol–water partition coefficient (Wildman–Crippen LogP) is 5.37. The maximum atomic E-state index is 14.0. The van der Waals surface area contributed by atoms with Crippen LogP contribution in [0.1, 0.15) is 53.4 Å². The second-order valence-corrected chi connectivity index (χ2v) is 10.5. The van der Waals surface area contributed by atoms with Crippen molar-refractivity contribution in [1.82, 2.24) is 4.90 Å². The van der Waals surface area contributed by atoms with E-state index in [0.717, 1.165) is 47.3 Å². The Hall–Kier alpha value is -3.36. The van der Waals surface area contributed by atoms with E-state index in [2.05, 4.69) is 0 Å². The van der Waals surface area contributed by atoms with Crippen molar-refractivity contribution in [2.75, 3.05) is 7.11 Å². The quantitative estimate of drug-likeness (QED) is 0.407. The number of hydrogen-bond acceptors (Lipinski definition) is 6. The Morgan fingerprint density at radius 2 is 1.86 bits per heavy atom. The monoisotopic (exact) mass is 521 g/mol. The Kier molecular flexibility index (Phi) is 7.76. The molecule has 1 N–H and O–H groups in total. The predicted molar refractivity (Wildman–Crippen MR) is 140 cm³/mol. The summed E-state index contributed by atoms with van der Waals surface area (Å²) in [6, 6.07) is 16.0. The molecule has 2 aliphatic rings.